The number of hydrogen-bond donors (Lipinski definition) is 2. The zero-order chi connectivity index (χ0) is 8.27. The maximum Gasteiger partial charge on any atom is 0.392 e. The van der Waals surface area contributed by atoms with Crippen LogP contribution < -0.4 is 5.32 Å². The van der Waals surface area contributed by atoms with Crippen LogP contribution in [-0.4, -0.2) is 23.1 Å². The van der Waals surface area contributed by atoms with Gasteiger partial charge in [-0.3, -0.25) is 0 Å². The van der Waals surface area contributed by atoms with Gasteiger partial charge in [0.15, 0.2) is 0 Å². The van der Waals surface area contributed by atoms with Crippen LogP contribution in [0, 0.1) is 0 Å². The standard InChI is InChI=1S/C6H8N2O3/c1-7-2-4-3-11-5(8-4)6(9)10/h3,7H,2H2,1H3,(H,9,10). The van der Waals surface area contributed by atoms with Crippen molar-refractivity contribution in [2.75, 3.05) is 7.05 Å². The predicted octanol–water partition coefficient (Wildman–Crippen LogP) is 0.0922. The number of oxazole rings is 1. The van der Waals surface area contributed by atoms with Crippen LogP contribution in [-0.2, 0) is 6.54 Å². The predicted molar refractivity (Wildman–Crippen MR) is 36.2 cm³/mol. The monoisotopic (exact) mass is 156 g/mol. The van der Waals surface area contributed by atoms with Crippen molar-refractivity contribution >= 4 is 5.97 Å². The van der Waals surface area contributed by atoms with Gasteiger partial charge in [-0.1, -0.05) is 0 Å². The first-order valence-corrected chi connectivity index (χ1v) is 3.06. The minimum absolute atomic E-state index is 0.268. The Hall–Kier alpha value is -1.36. The van der Waals surface area contributed by atoms with Gasteiger partial charge in [0.1, 0.15) is 6.26 Å². The number of aromatic nitrogens is 1. The van der Waals surface area contributed by atoms with Crippen molar-refractivity contribution in [1.29, 1.82) is 0 Å². The normalized spacial score (nSPS) is 9.91. The fourth-order valence-electron chi connectivity index (χ4n) is 0.668. The summed E-state index contributed by atoms with van der Waals surface area (Å²) in [6, 6.07) is 0. The van der Waals surface area contributed by atoms with E-state index >= 15 is 0 Å². The Balaban J connectivity index is 2.73. The van der Waals surface area contributed by atoms with Gasteiger partial charge in [-0.25, -0.2) is 9.78 Å². The van der Waals surface area contributed by atoms with Gasteiger partial charge in [0, 0.05) is 6.54 Å². The number of aromatic carboxylic acids is 1. The van der Waals surface area contributed by atoms with Crippen LogP contribution in [0.15, 0.2) is 10.7 Å². The molecule has 0 saturated carbocycles. The Morgan fingerprint density at radius 2 is 2.64 bits per heavy atom. The van der Waals surface area contributed by atoms with E-state index in [0.29, 0.717) is 12.2 Å². The highest BCUT2D eigenvalue weighted by Gasteiger charge is 2.09. The Labute approximate surface area is 63.0 Å². The maximum atomic E-state index is 10.2. The number of carbonyl (C=O) groups is 1. The average Bonchev–Trinajstić information content (AvgIpc) is 2.37. The van der Waals surface area contributed by atoms with Crippen LogP contribution in [0.25, 0.3) is 0 Å². The molecule has 0 spiro atoms. The van der Waals surface area contributed by atoms with E-state index in [-0.39, 0.29) is 5.89 Å². The molecular formula is C6H8N2O3. The lowest BCUT2D eigenvalue weighted by Gasteiger charge is -1.87. The molecule has 60 valence electrons. The van der Waals surface area contributed by atoms with Crippen LogP contribution in [0.2, 0.25) is 0 Å². The molecular weight excluding hydrogens is 148 g/mol. The van der Waals surface area contributed by atoms with E-state index in [1.165, 1.54) is 6.26 Å². The van der Waals surface area contributed by atoms with Gasteiger partial charge < -0.3 is 14.8 Å². The third-order valence-corrected chi connectivity index (χ3v) is 1.09. The van der Waals surface area contributed by atoms with Gasteiger partial charge in [-0.05, 0) is 7.05 Å². The van der Waals surface area contributed by atoms with Crippen molar-refractivity contribution in [2.45, 2.75) is 6.54 Å². The largest absolute Gasteiger partial charge is 0.474 e. The highest BCUT2D eigenvalue weighted by atomic mass is 16.4. The molecule has 0 fully saturated rings. The first kappa shape index (κ1) is 7.74. The van der Waals surface area contributed by atoms with Crippen LogP contribution in [0.4, 0.5) is 0 Å². The zero-order valence-corrected chi connectivity index (χ0v) is 6.00. The molecule has 0 atom stereocenters. The number of carboxylic acid groups (broad SMARTS) is 1. The lowest BCUT2D eigenvalue weighted by molar-refractivity contribution is 0.0653. The van der Waals surface area contributed by atoms with Crippen LogP contribution in [0.5, 0.6) is 0 Å². The van der Waals surface area contributed by atoms with Gasteiger partial charge in [0.2, 0.25) is 0 Å². The first-order valence-electron chi connectivity index (χ1n) is 3.06. The van der Waals surface area contributed by atoms with Crippen molar-refractivity contribution in [3.05, 3.63) is 17.8 Å². The van der Waals surface area contributed by atoms with Crippen molar-refractivity contribution in [2.24, 2.45) is 0 Å². The maximum absolute atomic E-state index is 10.2. The first-order chi connectivity index (χ1) is 5.24. The summed E-state index contributed by atoms with van der Waals surface area (Å²) in [6.07, 6.45) is 1.32. The van der Waals surface area contributed by atoms with Gasteiger partial charge >= 0.3 is 11.9 Å². The summed E-state index contributed by atoms with van der Waals surface area (Å²) >= 11 is 0. The van der Waals surface area contributed by atoms with E-state index in [0.717, 1.165) is 0 Å². The van der Waals surface area contributed by atoms with Gasteiger partial charge in [0.05, 0.1) is 5.69 Å². The minimum atomic E-state index is -1.15. The number of rotatable bonds is 3. The second-order valence-corrected chi connectivity index (χ2v) is 1.98. The van der Waals surface area contributed by atoms with Crippen molar-refractivity contribution in [1.82, 2.24) is 10.3 Å². The molecule has 0 aliphatic heterocycles. The highest BCUT2D eigenvalue weighted by molar-refractivity contribution is 5.82. The molecule has 5 nitrogen and oxygen atoms in total. The Bertz CT molecular complexity index is 256. The number of carboxylic acids is 1. The zero-order valence-electron chi connectivity index (χ0n) is 6.00. The number of hydrogen-bond acceptors (Lipinski definition) is 4. The molecule has 1 rings (SSSR count). The topological polar surface area (TPSA) is 75.4 Å². The molecule has 1 aromatic heterocycles. The lowest BCUT2D eigenvalue weighted by atomic mass is 10.5. The second kappa shape index (κ2) is 3.16. The molecule has 1 heterocycles. The summed E-state index contributed by atoms with van der Waals surface area (Å²) in [5, 5.41) is 11.2. The lowest BCUT2D eigenvalue weighted by Crippen LogP contribution is -2.05. The smallest absolute Gasteiger partial charge is 0.392 e. The number of nitrogens with zero attached hydrogens (tertiary/aromatic N) is 1. The van der Waals surface area contributed by atoms with E-state index in [1.54, 1.807) is 7.05 Å². The summed E-state index contributed by atoms with van der Waals surface area (Å²) in [5.41, 5.74) is 0.588. The van der Waals surface area contributed by atoms with Crippen LogP contribution in [0.1, 0.15) is 16.4 Å². The van der Waals surface area contributed by atoms with Gasteiger partial charge in [-0.2, -0.15) is 0 Å². The van der Waals surface area contributed by atoms with Gasteiger partial charge in [-0.15, -0.1) is 0 Å². The van der Waals surface area contributed by atoms with Crippen LogP contribution in [0.3, 0.4) is 0 Å². The molecule has 5 heteroatoms. The summed E-state index contributed by atoms with van der Waals surface area (Å²) in [6.45, 7) is 0.511. The molecule has 0 aromatic carbocycles. The Morgan fingerprint density at radius 3 is 3.09 bits per heavy atom. The third-order valence-electron chi connectivity index (χ3n) is 1.09. The van der Waals surface area contributed by atoms with E-state index < -0.39 is 5.97 Å². The van der Waals surface area contributed by atoms with Crippen LogP contribution >= 0.6 is 0 Å². The molecule has 0 saturated heterocycles. The fraction of sp³-hybridized carbons (Fsp3) is 0.333. The average molecular weight is 156 g/mol. The van der Waals surface area contributed by atoms with Crippen molar-refractivity contribution in [3.8, 4) is 0 Å². The van der Waals surface area contributed by atoms with E-state index in [2.05, 4.69) is 14.7 Å². The van der Waals surface area contributed by atoms with E-state index in [1.807, 2.05) is 0 Å². The fourth-order valence-corrected chi connectivity index (χ4v) is 0.668. The van der Waals surface area contributed by atoms with Gasteiger partial charge in [0.25, 0.3) is 0 Å². The van der Waals surface area contributed by atoms with Crippen molar-refractivity contribution < 1.29 is 14.3 Å². The third kappa shape index (κ3) is 1.78. The molecule has 1 aromatic rings. The van der Waals surface area contributed by atoms with Crippen molar-refractivity contribution in [3.63, 3.8) is 0 Å². The highest BCUT2D eigenvalue weighted by Crippen LogP contribution is 2.00. The SMILES string of the molecule is CNCc1coc(C(=O)O)n1. The van der Waals surface area contributed by atoms with E-state index in [4.69, 9.17) is 5.11 Å². The Kier molecular flexibility index (Phi) is 2.22. The number of nitrogens with one attached hydrogen (secondary N) is 1. The summed E-state index contributed by atoms with van der Waals surface area (Å²) < 4.78 is 4.63. The minimum Gasteiger partial charge on any atom is -0.474 e. The molecule has 0 aliphatic carbocycles. The molecule has 2 N–H and O–H groups in total. The summed E-state index contributed by atoms with van der Waals surface area (Å²) in [7, 11) is 1.75. The van der Waals surface area contributed by atoms with E-state index in [9.17, 15) is 4.79 Å². The summed E-state index contributed by atoms with van der Waals surface area (Å²) in [4.78, 5) is 13.9. The second-order valence-electron chi connectivity index (χ2n) is 1.98. The summed E-state index contributed by atoms with van der Waals surface area (Å²) in [5.74, 6) is -1.41. The molecule has 0 bridgehead atoms. The Morgan fingerprint density at radius 1 is 1.91 bits per heavy atom. The molecule has 0 amide bonds. The molecule has 0 radical (unpaired) electrons. The molecule has 0 aliphatic rings. The molecule has 11 heavy (non-hydrogen) atoms. The molecule has 0 unspecified atom stereocenters. The quantitative estimate of drug-likeness (QED) is 0.648.